The molecule has 3 heteroatoms. The fourth-order valence-electron chi connectivity index (χ4n) is 5.83. The summed E-state index contributed by atoms with van der Waals surface area (Å²) in [5, 5.41) is 20.7. The van der Waals surface area contributed by atoms with Gasteiger partial charge in [0.2, 0.25) is 0 Å². The predicted molar refractivity (Wildman–Crippen MR) is 94.7 cm³/mol. The summed E-state index contributed by atoms with van der Waals surface area (Å²) in [7, 11) is 0. The number of aromatic hydroxyl groups is 1. The summed E-state index contributed by atoms with van der Waals surface area (Å²) < 4.78 is 0. The topological polar surface area (TPSA) is 66.5 Å². The number of aliphatic hydroxyl groups excluding tert-OH is 1. The molecule has 0 bridgehead atoms. The predicted octanol–water partition coefficient (Wildman–Crippen LogP) is 2.92. The smallest absolute Gasteiger partial charge is 0.131 e. The molecule has 2 saturated carbocycles. The van der Waals surface area contributed by atoms with Gasteiger partial charge in [-0.1, -0.05) is 18.8 Å². The lowest BCUT2D eigenvalue weighted by atomic mass is 9.55. The molecule has 3 unspecified atom stereocenters. The molecule has 0 radical (unpaired) electrons. The molecule has 4 N–H and O–H groups in total. The maximum absolute atomic E-state index is 10.5. The third kappa shape index (κ3) is 2.28. The third-order valence-electron chi connectivity index (χ3n) is 7.12. The first-order valence-electron chi connectivity index (χ1n) is 9.27. The first-order chi connectivity index (χ1) is 11.5. The summed E-state index contributed by atoms with van der Waals surface area (Å²) in [5.41, 5.74) is 8.96. The molecule has 3 aliphatic rings. The second-order valence-corrected chi connectivity index (χ2v) is 8.13. The van der Waals surface area contributed by atoms with Gasteiger partial charge in [-0.2, -0.15) is 0 Å². The minimum absolute atomic E-state index is 0.109. The Kier molecular flexibility index (Phi) is 3.86. The molecule has 0 aliphatic heterocycles. The van der Waals surface area contributed by atoms with Crippen LogP contribution < -0.4 is 5.73 Å². The lowest BCUT2D eigenvalue weighted by molar-refractivity contribution is -0.0226. The van der Waals surface area contributed by atoms with Crippen molar-refractivity contribution in [3.8, 4) is 17.6 Å². The van der Waals surface area contributed by atoms with Crippen molar-refractivity contribution in [2.24, 2.45) is 23.0 Å². The fraction of sp³-hybridized carbons (Fsp3) is 0.619. The van der Waals surface area contributed by atoms with Gasteiger partial charge in [0.15, 0.2) is 0 Å². The molecule has 1 aromatic carbocycles. The molecule has 128 valence electrons. The van der Waals surface area contributed by atoms with Crippen molar-refractivity contribution in [3.63, 3.8) is 0 Å². The number of aryl methyl sites for hydroxylation is 1. The second-order valence-electron chi connectivity index (χ2n) is 8.13. The van der Waals surface area contributed by atoms with E-state index in [4.69, 9.17) is 5.73 Å². The van der Waals surface area contributed by atoms with Gasteiger partial charge >= 0.3 is 0 Å². The van der Waals surface area contributed by atoms with Crippen LogP contribution in [0.25, 0.3) is 0 Å². The Morgan fingerprint density at radius 1 is 1.25 bits per heavy atom. The van der Waals surface area contributed by atoms with Crippen molar-refractivity contribution >= 4 is 0 Å². The quantitative estimate of drug-likeness (QED) is 0.643. The van der Waals surface area contributed by atoms with E-state index in [-0.39, 0.29) is 17.3 Å². The van der Waals surface area contributed by atoms with E-state index in [0.29, 0.717) is 29.9 Å². The Balaban J connectivity index is 1.71. The second kappa shape index (κ2) is 5.79. The summed E-state index contributed by atoms with van der Waals surface area (Å²) >= 11 is 0. The van der Waals surface area contributed by atoms with E-state index in [1.165, 1.54) is 17.5 Å². The Labute approximate surface area is 144 Å². The number of aliphatic hydroxyl groups is 1. The molecular formula is C21H27NO2. The molecule has 0 aromatic heterocycles. The lowest BCUT2D eigenvalue weighted by Crippen LogP contribution is -2.43. The zero-order valence-electron chi connectivity index (χ0n) is 14.4. The molecule has 0 heterocycles. The number of nitrogens with two attached hydrogens (primary N) is 1. The van der Waals surface area contributed by atoms with Crippen LogP contribution in [0.15, 0.2) is 12.1 Å². The minimum atomic E-state index is -0.129. The Morgan fingerprint density at radius 2 is 2.08 bits per heavy atom. The maximum atomic E-state index is 10.5. The molecule has 24 heavy (non-hydrogen) atoms. The number of hydrogen-bond acceptors (Lipinski definition) is 3. The highest BCUT2D eigenvalue weighted by molar-refractivity contribution is 5.52. The molecule has 0 spiro atoms. The van der Waals surface area contributed by atoms with E-state index in [0.717, 1.165) is 32.1 Å². The number of rotatable bonds is 0. The van der Waals surface area contributed by atoms with E-state index >= 15 is 0 Å². The Bertz CT molecular complexity index is 717. The van der Waals surface area contributed by atoms with E-state index in [1.807, 2.05) is 6.07 Å². The van der Waals surface area contributed by atoms with Crippen LogP contribution in [-0.4, -0.2) is 22.9 Å². The highest BCUT2D eigenvalue weighted by Gasteiger charge is 2.54. The van der Waals surface area contributed by atoms with E-state index in [1.54, 1.807) is 0 Å². The standard InChI is InChI=1S/C21H27NO2/c1-21-9-8-15-16(18(21)6-7-20(21)24)5-4-13-12-19(23)14(3-2-10-22)11-17(13)15/h11-12,15-16,18,20,23-24H,4-10,22H2,1H3/t15?,16?,18?,20-,21-/m0/s1. The van der Waals surface area contributed by atoms with Crippen LogP contribution in [0.1, 0.15) is 61.6 Å². The van der Waals surface area contributed by atoms with Crippen LogP contribution in [0.4, 0.5) is 0 Å². The highest BCUT2D eigenvalue weighted by Crippen LogP contribution is 2.61. The maximum Gasteiger partial charge on any atom is 0.131 e. The third-order valence-corrected chi connectivity index (χ3v) is 7.12. The minimum Gasteiger partial charge on any atom is -0.507 e. The van der Waals surface area contributed by atoms with Crippen LogP contribution in [0.2, 0.25) is 0 Å². The normalized spacial score (nSPS) is 37.0. The van der Waals surface area contributed by atoms with E-state index in [2.05, 4.69) is 24.8 Å². The van der Waals surface area contributed by atoms with Gasteiger partial charge in [0.05, 0.1) is 18.2 Å². The molecule has 0 saturated heterocycles. The summed E-state index contributed by atoms with van der Waals surface area (Å²) in [5.74, 6) is 8.00. The molecule has 3 nitrogen and oxygen atoms in total. The van der Waals surface area contributed by atoms with Gasteiger partial charge in [-0.05, 0) is 85.0 Å². The summed E-state index contributed by atoms with van der Waals surface area (Å²) in [4.78, 5) is 0. The average molecular weight is 325 g/mol. The number of hydrogen-bond donors (Lipinski definition) is 3. The van der Waals surface area contributed by atoms with Crippen molar-refractivity contribution < 1.29 is 10.2 Å². The molecule has 0 amide bonds. The summed E-state index contributed by atoms with van der Waals surface area (Å²) in [6, 6.07) is 4.03. The van der Waals surface area contributed by atoms with Gasteiger partial charge in [0, 0.05) is 0 Å². The molecule has 3 aliphatic carbocycles. The van der Waals surface area contributed by atoms with Crippen LogP contribution in [0, 0.1) is 29.1 Å². The van der Waals surface area contributed by atoms with Crippen LogP contribution in [-0.2, 0) is 6.42 Å². The average Bonchev–Trinajstić information content (AvgIpc) is 2.88. The first kappa shape index (κ1) is 16.0. The molecule has 4 rings (SSSR count). The van der Waals surface area contributed by atoms with E-state index < -0.39 is 0 Å². The van der Waals surface area contributed by atoms with Gasteiger partial charge in [-0.25, -0.2) is 0 Å². The van der Waals surface area contributed by atoms with Gasteiger partial charge in [0.25, 0.3) is 0 Å². The number of phenols is 1. The van der Waals surface area contributed by atoms with E-state index in [9.17, 15) is 10.2 Å². The van der Waals surface area contributed by atoms with Gasteiger partial charge < -0.3 is 15.9 Å². The van der Waals surface area contributed by atoms with Gasteiger partial charge in [-0.15, -0.1) is 0 Å². The Hall–Kier alpha value is -1.50. The van der Waals surface area contributed by atoms with Crippen molar-refractivity contribution in [2.75, 3.05) is 6.54 Å². The van der Waals surface area contributed by atoms with Crippen molar-refractivity contribution in [3.05, 3.63) is 28.8 Å². The molecule has 2 fully saturated rings. The largest absolute Gasteiger partial charge is 0.507 e. The highest BCUT2D eigenvalue weighted by atomic mass is 16.3. The van der Waals surface area contributed by atoms with Crippen molar-refractivity contribution in [2.45, 2.75) is 57.5 Å². The van der Waals surface area contributed by atoms with Crippen LogP contribution in [0.3, 0.4) is 0 Å². The zero-order valence-corrected chi connectivity index (χ0v) is 14.4. The van der Waals surface area contributed by atoms with Crippen molar-refractivity contribution in [1.82, 2.24) is 0 Å². The summed E-state index contributed by atoms with van der Waals surface area (Å²) in [6.07, 6.45) is 6.43. The number of benzene rings is 1. The molecular weight excluding hydrogens is 298 g/mol. The number of fused-ring (bicyclic) bond motifs is 5. The van der Waals surface area contributed by atoms with Gasteiger partial charge in [0.1, 0.15) is 5.75 Å². The SMILES string of the molecule is C[C@]12CCC3c4cc(C#CCN)c(O)cc4CCC3C1CC[C@@H]2O. The number of phenolic OH excluding ortho intramolecular Hbond substituents is 1. The lowest BCUT2D eigenvalue weighted by Gasteiger charge is -2.50. The Morgan fingerprint density at radius 3 is 2.88 bits per heavy atom. The van der Waals surface area contributed by atoms with Crippen LogP contribution >= 0.6 is 0 Å². The first-order valence-corrected chi connectivity index (χ1v) is 9.27. The zero-order chi connectivity index (χ0) is 16.9. The van der Waals surface area contributed by atoms with Crippen molar-refractivity contribution in [1.29, 1.82) is 0 Å². The monoisotopic (exact) mass is 325 g/mol. The molecule has 1 aromatic rings. The fourth-order valence-corrected chi connectivity index (χ4v) is 5.83. The van der Waals surface area contributed by atoms with Gasteiger partial charge in [-0.3, -0.25) is 0 Å². The van der Waals surface area contributed by atoms with Crippen LogP contribution in [0.5, 0.6) is 5.75 Å². The summed E-state index contributed by atoms with van der Waals surface area (Å²) in [6.45, 7) is 2.61. The molecule has 5 atom stereocenters.